The Morgan fingerprint density at radius 1 is 1.14 bits per heavy atom. The van der Waals surface area contributed by atoms with Gasteiger partial charge in [0, 0.05) is 33.7 Å². The van der Waals surface area contributed by atoms with Gasteiger partial charge in [0.1, 0.15) is 5.75 Å². The maximum atomic E-state index is 13.1. The normalized spacial score (nSPS) is 11.2. The summed E-state index contributed by atoms with van der Waals surface area (Å²) < 4.78 is 7.67. The average molecular weight is 392 g/mol. The molecule has 5 nitrogen and oxygen atoms in total. The number of methoxy groups -OCH3 is 1. The fourth-order valence-electron chi connectivity index (χ4n) is 3.80. The van der Waals surface area contributed by atoms with E-state index in [1.807, 2.05) is 44.2 Å². The van der Waals surface area contributed by atoms with Crippen molar-refractivity contribution in [3.05, 3.63) is 64.8 Å². The summed E-state index contributed by atoms with van der Waals surface area (Å²) in [6.07, 6.45) is 1.67. The van der Waals surface area contributed by atoms with Crippen molar-refractivity contribution >= 4 is 22.6 Å². The Hall–Kier alpha value is -3.08. The number of aromatic nitrogens is 1. The zero-order valence-corrected chi connectivity index (χ0v) is 17.5. The van der Waals surface area contributed by atoms with Crippen LogP contribution in [0.3, 0.4) is 0 Å². The molecule has 1 aromatic heterocycles. The quantitative estimate of drug-likeness (QED) is 0.570. The molecule has 5 heteroatoms. The summed E-state index contributed by atoms with van der Waals surface area (Å²) in [5.41, 5.74) is 9.57. The summed E-state index contributed by atoms with van der Waals surface area (Å²) in [5, 5.41) is 0.868. The summed E-state index contributed by atoms with van der Waals surface area (Å²) >= 11 is 0. The number of hydrogen-bond acceptors (Lipinski definition) is 3. The van der Waals surface area contributed by atoms with Crippen LogP contribution < -0.4 is 10.5 Å². The largest absolute Gasteiger partial charge is 0.496 e. The third-order valence-electron chi connectivity index (χ3n) is 5.24. The number of nitrogens with zero attached hydrogens (tertiary/aromatic N) is 1. The molecule has 2 aromatic carbocycles. The molecule has 0 saturated heterocycles. The van der Waals surface area contributed by atoms with Crippen LogP contribution in [-0.4, -0.2) is 23.4 Å². The standard InChI is InChI=1S/C24H28N2O3/c1-5-8-19-22(23(27)15(2)3)18-12-11-16(24(25)28)13-20(18)26(19)14-17-9-6-7-10-21(17)29-4/h6-7,9-13,15H,5,8,14H2,1-4H3,(H2,25,28). The first-order chi connectivity index (χ1) is 13.9. The predicted molar refractivity (Wildman–Crippen MR) is 116 cm³/mol. The van der Waals surface area contributed by atoms with Crippen LogP contribution in [0.15, 0.2) is 42.5 Å². The van der Waals surface area contributed by atoms with E-state index in [-0.39, 0.29) is 11.7 Å². The minimum absolute atomic E-state index is 0.115. The maximum Gasteiger partial charge on any atom is 0.248 e. The van der Waals surface area contributed by atoms with Crippen LogP contribution >= 0.6 is 0 Å². The molecule has 0 radical (unpaired) electrons. The Morgan fingerprint density at radius 2 is 1.86 bits per heavy atom. The van der Waals surface area contributed by atoms with Crippen molar-refractivity contribution in [2.75, 3.05) is 7.11 Å². The van der Waals surface area contributed by atoms with Crippen molar-refractivity contribution in [2.24, 2.45) is 11.7 Å². The molecule has 3 aromatic rings. The molecule has 1 amide bonds. The number of primary amides is 1. The smallest absolute Gasteiger partial charge is 0.248 e. The Balaban J connectivity index is 2.32. The van der Waals surface area contributed by atoms with E-state index in [0.29, 0.717) is 12.1 Å². The van der Waals surface area contributed by atoms with Crippen molar-refractivity contribution in [1.29, 1.82) is 0 Å². The summed E-state index contributed by atoms with van der Waals surface area (Å²) in [5.74, 6) is 0.307. The molecule has 0 bridgehead atoms. The van der Waals surface area contributed by atoms with Gasteiger partial charge in [0.2, 0.25) is 5.91 Å². The van der Waals surface area contributed by atoms with Gasteiger partial charge in [-0.05, 0) is 24.6 Å². The first-order valence-corrected chi connectivity index (χ1v) is 10.00. The van der Waals surface area contributed by atoms with Crippen molar-refractivity contribution < 1.29 is 14.3 Å². The fraction of sp³-hybridized carbons (Fsp3) is 0.333. The summed E-state index contributed by atoms with van der Waals surface area (Å²) in [6.45, 7) is 6.48. The number of carbonyl (C=O) groups excluding carboxylic acids is 2. The van der Waals surface area contributed by atoms with Crippen LogP contribution in [0.2, 0.25) is 0 Å². The van der Waals surface area contributed by atoms with E-state index in [1.165, 1.54) is 0 Å². The zero-order chi connectivity index (χ0) is 21.1. The molecular formula is C24H28N2O3. The van der Waals surface area contributed by atoms with Crippen molar-refractivity contribution in [3.63, 3.8) is 0 Å². The van der Waals surface area contributed by atoms with E-state index < -0.39 is 5.91 Å². The van der Waals surface area contributed by atoms with Crippen molar-refractivity contribution in [2.45, 2.75) is 40.2 Å². The van der Waals surface area contributed by atoms with Gasteiger partial charge in [-0.2, -0.15) is 0 Å². The summed E-state index contributed by atoms with van der Waals surface area (Å²) in [4.78, 5) is 24.9. The van der Waals surface area contributed by atoms with Crippen LogP contribution in [0, 0.1) is 5.92 Å². The number of nitrogens with two attached hydrogens (primary N) is 1. The number of para-hydroxylation sites is 1. The minimum atomic E-state index is -0.481. The molecule has 0 atom stereocenters. The third kappa shape index (κ3) is 3.90. The number of Topliss-reactive ketones (excluding diaryl/α,β-unsaturated/α-hetero) is 1. The van der Waals surface area contributed by atoms with E-state index in [9.17, 15) is 9.59 Å². The molecule has 0 spiro atoms. The SMILES string of the molecule is CCCc1c(C(=O)C(C)C)c2ccc(C(N)=O)cc2n1Cc1ccccc1OC. The Kier molecular flexibility index (Phi) is 6.06. The van der Waals surface area contributed by atoms with Gasteiger partial charge in [0.15, 0.2) is 5.78 Å². The van der Waals surface area contributed by atoms with Crippen LogP contribution in [0.1, 0.15) is 59.2 Å². The molecular weight excluding hydrogens is 364 g/mol. The summed E-state index contributed by atoms with van der Waals surface area (Å²) in [7, 11) is 1.65. The van der Waals surface area contributed by atoms with Gasteiger partial charge < -0.3 is 15.0 Å². The van der Waals surface area contributed by atoms with Crippen molar-refractivity contribution in [3.8, 4) is 5.75 Å². The Bertz CT molecular complexity index is 1060. The molecule has 29 heavy (non-hydrogen) atoms. The van der Waals surface area contributed by atoms with Crippen LogP contribution in [-0.2, 0) is 13.0 Å². The molecule has 0 aliphatic heterocycles. The van der Waals surface area contributed by atoms with E-state index in [1.54, 1.807) is 19.2 Å². The molecule has 0 aliphatic rings. The van der Waals surface area contributed by atoms with Gasteiger partial charge in [0.05, 0.1) is 19.2 Å². The molecule has 2 N–H and O–H groups in total. The van der Waals surface area contributed by atoms with E-state index in [2.05, 4.69) is 11.5 Å². The molecule has 0 saturated carbocycles. The van der Waals surface area contributed by atoms with Gasteiger partial charge in [-0.15, -0.1) is 0 Å². The molecule has 152 valence electrons. The van der Waals surface area contributed by atoms with E-state index in [4.69, 9.17) is 10.5 Å². The molecule has 0 fully saturated rings. The number of ether oxygens (including phenoxy) is 1. The fourth-order valence-corrected chi connectivity index (χ4v) is 3.80. The first-order valence-electron chi connectivity index (χ1n) is 10.00. The number of amides is 1. The highest BCUT2D eigenvalue weighted by molar-refractivity contribution is 6.11. The van der Waals surface area contributed by atoms with Crippen LogP contribution in [0.25, 0.3) is 10.9 Å². The highest BCUT2D eigenvalue weighted by Gasteiger charge is 2.24. The molecule has 3 rings (SSSR count). The highest BCUT2D eigenvalue weighted by atomic mass is 16.5. The Labute approximate surface area is 171 Å². The number of hydrogen-bond donors (Lipinski definition) is 1. The Morgan fingerprint density at radius 3 is 2.48 bits per heavy atom. The number of benzene rings is 2. The lowest BCUT2D eigenvalue weighted by Crippen LogP contribution is -2.13. The number of carbonyl (C=O) groups is 2. The van der Waals surface area contributed by atoms with Gasteiger partial charge in [-0.3, -0.25) is 9.59 Å². The van der Waals surface area contributed by atoms with Crippen molar-refractivity contribution in [1.82, 2.24) is 4.57 Å². The molecule has 0 unspecified atom stereocenters. The van der Waals surface area contributed by atoms with Gasteiger partial charge in [-0.25, -0.2) is 0 Å². The zero-order valence-electron chi connectivity index (χ0n) is 17.5. The second-order valence-electron chi connectivity index (χ2n) is 7.58. The topological polar surface area (TPSA) is 74.3 Å². The third-order valence-corrected chi connectivity index (χ3v) is 5.24. The number of rotatable bonds is 8. The first kappa shape index (κ1) is 20.6. The van der Waals surface area contributed by atoms with Gasteiger partial charge in [-0.1, -0.05) is 51.5 Å². The average Bonchev–Trinajstić information content (AvgIpc) is 3.00. The molecule has 1 heterocycles. The monoisotopic (exact) mass is 392 g/mol. The lowest BCUT2D eigenvalue weighted by molar-refractivity contribution is 0.0939. The van der Waals surface area contributed by atoms with Gasteiger partial charge in [0.25, 0.3) is 0 Å². The van der Waals surface area contributed by atoms with E-state index >= 15 is 0 Å². The second kappa shape index (κ2) is 8.52. The number of ketones is 1. The van der Waals surface area contributed by atoms with Gasteiger partial charge >= 0.3 is 0 Å². The lowest BCUT2D eigenvalue weighted by atomic mass is 9.96. The predicted octanol–water partition coefficient (Wildman–Crippen LogP) is 4.59. The van der Waals surface area contributed by atoms with Crippen LogP contribution in [0.4, 0.5) is 0 Å². The number of fused-ring (bicyclic) bond motifs is 1. The van der Waals surface area contributed by atoms with E-state index in [0.717, 1.165) is 46.3 Å². The lowest BCUT2D eigenvalue weighted by Gasteiger charge is -2.15. The second-order valence-corrected chi connectivity index (χ2v) is 7.58. The minimum Gasteiger partial charge on any atom is -0.496 e. The maximum absolute atomic E-state index is 13.1. The summed E-state index contributed by atoms with van der Waals surface area (Å²) in [6, 6.07) is 13.2. The van der Waals surface area contributed by atoms with Crippen LogP contribution in [0.5, 0.6) is 5.75 Å². The molecule has 0 aliphatic carbocycles. The highest BCUT2D eigenvalue weighted by Crippen LogP contribution is 2.32.